The standard InChI is InChI=1S/C30H25F3N2O2/c31-30(32,33)24-11-8-21(9-12-24)27-6-1-2-7-28(27)29(37)34-25-13-10-23-19-35(15-14-22(23)17-25)18-20-4-3-5-26(36)16-20/h1-13,16-17,36H,14-15,18-19H2,(H,34,37). The Bertz CT molecular complexity index is 1430. The number of hydrogen-bond acceptors (Lipinski definition) is 3. The molecule has 0 aromatic heterocycles. The van der Waals surface area contributed by atoms with Gasteiger partial charge in [-0.25, -0.2) is 0 Å². The number of nitrogens with zero attached hydrogens (tertiary/aromatic N) is 1. The molecular formula is C30H25F3N2O2. The van der Waals surface area contributed by atoms with Gasteiger partial charge < -0.3 is 10.4 Å². The van der Waals surface area contributed by atoms with Gasteiger partial charge in [0.1, 0.15) is 5.75 Å². The summed E-state index contributed by atoms with van der Waals surface area (Å²) < 4.78 is 38.9. The SMILES string of the molecule is O=C(Nc1ccc2c(c1)CCN(Cc1cccc(O)c1)C2)c1ccccc1-c1ccc(C(F)(F)F)cc1. The van der Waals surface area contributed by atoms with Crippen LogP contribution in [0, 0.1) is 0 Å². The van der Waals surface area contributed by atoms with Crippen molar-refractivity contribution in [3.63, 3.8) is 0 Å². The number of phenols is 1. The first-order chi connectivity index (χ1) is 17.8. The molecular weight excluding hydrogens is 477 g/mol. The number of carbonyl (C=O) groups excluding carboxylic acids is 1. The van der Waals surface area contributed by atoms with E-state index in [9.17, 15) is 23.1 Å². The molecule has 5 rings (SSSR count). The number of carbonyl (C=O) groups is 1. The molecule has 188 valence electrons. The third-order valence-electron chi connectivity index (χ3n) is 6.57. The van der Waals surface area contributed by atoms with Crippen LogP contribution < -0.4 is 5.32 Å². The zero-order chi connectivity index (χ0) is 26.0. The Hall–Kier alpha value is -4.10. The Balaban J connectivity index is 1.30. The van der Waals surface area contributed by atoms with E-state index < -0.39 is 11.7 Å². The van der Waals surface area contributed by atoms with Gasteiger partial charge in [0.2, 0.25) is 0 Å². The van der Waals surface area contributed by atoms with Gasteiger partial charge in [0.15, 0.2) is 0 Å². The molecule has 37 heavy (non-hydrogen) atoms. The van der Waals surface area contributed by atoms with Crippen molar-refractivity contribution in [2.45, 2.75) is 25.7 Å². The fraction of sp³-hybridized carbons (Fsp3) is 0.167. The minimum atomic E-state index is -4.41. The lowest BCUT2D eigenvalue weighted by molar-refractivity contribution is -0.137. The molecule has 1 aliphatic rings. The fourth-order valence-electron chi connectivity index (χ4n) is 4.71. The summed E-state index contributed by atoms with van der Waals surface area (Å²) in [4.78, 5) is 15.5. The monoisotopic (exact) mass is 502 g/mol. The number of amides is 1. The summed E-state index contributed by atoms with van der Waals surface area (Å²) in [6.45, 7) is 2.37. The van der Waals surface area contributed by atoms with Crippen LogP contribution in [0.3, 0.4) is 0 Å². The van der Waals surface area contributed by atoms with Crippen molar-refractivity contribution in [2.75, 3.05) is 11.9 Å². The topological polar surface area (TPSA) is 52.6 Å². The van der Waals surface area contributed by atoms with E-state index in [1.807, 2.05) is 30.3 Å². The normalized spacial score (nSPS) is 13.7. The zero-order valence-electron chi connectivity index (χ0n) is 19.9. The molecule has 7 heteroatoms. The summed E-state index contributed by atoms with van der Waals surface area (Å²) in [6.07, 6.45) is -3.58. The lowest BCUT2D eigenvalue weighted by Crippen LogP contribution is -2.30. The van der Waals surface area contributed by atoms with Crippen molar-refractivity contribution >= 4 is 11.6 Å². The summed E-state index contributed by atoms with van der Waals surface area (Å²) >= 11 is 0. The van der Waals surface area contributed by atoms with Gasteiger partial charge in [-0.1, -0.05) is 48.5 Å². The Morgan fingerprint density at radius 2 is 1.68 bits per heavy atom. The molecule has 0 saturated carbocycles. The van der Waals surface area contributed by atoms with Crippen LogP contribution in [-0.4, -0.2) is 22.5 Å². The maximum atomic E-state index is 13.2. The van der Waals surface area contributed by atoms with E-state index in [0.29, 0.717) is 22.4 Å². The van der Waals surface area contributed by atoms with Crippen LogP contribution >= 0.6 is 0 Å². The number of hydrogen-bond donors (Lipinski definition) is 2. The number of nitrogens with one attached hydrogen (secondary N) is 1. The number of benzene rings is 4. The Morgan fingerprint density at radius 3 is 2.43 bits per heavy atom. The molecule has 1 heterocycles. The van der Waals surface area contributed by atoms with Crippen molar-refractivity contribution in [1.29, 1.82) is 0 Å². The van der Waals surface area contributed by atoms with E-state index in [1.54, 1.807) is 36.4 Å². The number of fused-ring (bicyclic) bond motifs is 1. The van der Waals surface area contributed by atoms with Crippen molar-refractivity contribution in [2.24, 2.45) is 0 Å². The van der Waals surface area contributed by atoms with Crippen LogP contribution in [0.5, 0.6) is 5.75 Å². The molecule has 0 unspecified atom stereocenters. The van der Waals surface area contributed by atoms with Crippen LogP contribution in [0.15, 0.2) is 91.0 Å². The highest BCUT2D eigenvalue weighted by Gasteiger charge is 2.30. The number of halogens is 3. The van der Waals surface area contributed by atoms with Gasteiger partial charge in [0.05, 0.1) is 5.56 Å². The quantitative estimate of drug-likeness (QED) is 0.313. The maximum Gasteiger partial charge on any atom is 0.416 e. The van der Waals surface area contributed by atoms with E-state index in [1.165, 1.54) is 23.3 Å². The molecule has 4 nitrogen and oxygen atoms in total. The van der Waals surface area contributed by atoms with E-state index >= 15 is 0 Å². The Kier molecular flexibility index (Phi) is 6.72. The van der Waals surface area contributed by atoms with Crippen molar-refractivity contribution in [1.82, 2.24) is 4.90 Å². The number of aromatic hydroxyl groups is 1. The molecule has 0 radical (unpaired) electrons. The van der Waals surface area contributed by atoms with Gasteiger partial charge in [-0.3, -0.25) is 9.69 Å². The van der Waals surface area contributed by atoms with Gasteiger partial charge in [-0.15, -0.1) is 0 Å². The van der Waals surface area contributed by atoms with Crippen LogP contribution in [0.4, 0.5) is 18.9 Å². The van der Waals surface area contributed by atoms with Crippen molar-refractivity contribution in [3.05, 3.63) is 119 Å². The summed E-state index contributed by atoms with van der Waals surface area (Å²) in [6, 6.07) is 24.8. The zero-order valence-corrected chi connectivity index (χ0v) is 19.9. The van der Waals surface area contributed by atoms with Gasteiger partial charge in [-0.2, -0.15) is 13.2 Å². The average Bonchev–Trinajstić information content (AvgIpc) is 2.88. The molecule has 2 N–H and O–H groups in total. The Morgan fingerprint density at radius 1 is 0.892 bits per heavy atom. The predicted molar refractivity (Wildman–Crippen MR) is 137 cm³/mol. The number of phenolic OH excluding ortho intramolecular Hbond substituents is 1. The lowest BCUT2D eigenvalue weighted by atomic mass is 9.97. The second-order valence-corrected chi connectivity index (χ2v) is 9.19. The summed E-state index contributed by atoms with van der Waals surface area (Å²) in [7, 11) is 0. The third-order valence-corrected chi connectivity index (χ3v) is 6.57. The Labute approximate surface area is 213 Å². The van der Waals surface area contributed by atoms with Crippen LogP contribution in [0.2, 0.25) is 0 Å². The largest absolute Gasteiger partial charge is 0.508 e. The molecule has 0 atom stereocenters. The third kappa shape index (κ3) is 5.67. The second kappa shape index (κ2) is 10.1. The minimum Gasteiger partial charge on any atom is -0.508 e. The van der Waals surface area contributed by atoms with E-state index in [-0.39, 0.29) is 11.7 Å². The minimum absolute atomic E-state index is 0.259. The highest BCUT2D eigenvalue weighted by Crippen LogP contribution is 2.32. The van der Waals surface area contributed by atoms with Crippen molar-refractivity contribution < 1.29 is 23.1 Å². The second-order valence-electron chi connectivity index (χ2n) is 9.19. The first-order valence-electron chi connectivity index (χ1n) is 12.0. The molecule has 0 spiro atoms. The predicted octanol–water partition coefficient (Wildman–Crippen LogP) is 6.89. The number of rotatable bonds is 5. The molecule has 1 aliphatic heterocycles. The highest BCUT2D eigenvalue weighted by atomic mass is 19.4. The smallest absolute Gasteiger partial charge is 0.416 e. The van der Waals surface area contributed by atoms with Crippen LogP contribution in [0.25, 0.3) is 11.1 Å². The number of anilines is 1. The van der Waals surface area contributed by atoms with Crippen molar-refractivity contribution in [3.8, 4) is 16.9 Å². The highest BCUT2D eigenvalue weighted by molar-refractivity contribution is 6.08. The van der Waals surface area contributed by atoms with Gasteiger partial charge in [0, 0.05) is 30.9 Å². The van der Waals surface area contributed by atoms with E-state index in [4.69, 9.17) is 0 Å². The molecule has 0 aliphatic carbocycles. The molecule has 1 amide bonds. The first-order valence-corrected chi connectivity index (χ1v) is 12.0. The molecule has 0 fully saturated rings. The molecule has 4 aromatic rings. The summed E-state index contributed by atoms with van der Waals surface area (Å²) in [5.74, 6) is -0.0630. The lowest BCUT2D eigenvalue weighted by Gasteiger charge is -2.29. The first kappa shape index (κ1) is 24.6. The van der Waals surface area contributed by atoms with Crippen LogP contribution in [0.1, 0.15) is 32.6 Å². The van der Waals surface area contributed by atoms with E-state index in [0.717, 1.165) is 43.8 Å². The van der Waals surface area contributed by atoms with Gasteiger partial charge in [-0.05, 0) is 76.7 Å². The van der Waals surface area contributed by atoms with Gasteiger partial charge >= 0.3 is 6.18 Å². The van der Waals surface area contributed by atoms with E-state index in [2.05, 4.69) is 10.2 Å². The molecule has 4 aromatic carbocycles. The summed E-state index contributed by atoms with van der Waals surface area (Å²) in [5, 5.41) is 12.7. The average molecular weight is 503 g/mol. The maximum absolute atomic E-state index is 13.2. The molecule has 0 saturated heterocycles. The van der Waals surface area contributed by atoms with Gasteiger partial charge in [0.25, 0.3) is 5.91 Å². The molecule has 0 bridgehead atoms. The fourth-order valence-corrected chi connectivity index (χ4v) is 4.71. The van der Waals surface area contributed by atoms with Crippen LogP contribution in [-0.2, 0) is 25.7 Å². The number of alkyl halides is 3. The summed E-state index contributed by atoms with van der Waals surface area (Å²) in [5.41, 5.74) is 4.84.